The normalized spacial score (nSPS) is 21.1. The Bertz CT molecular complexity index is 2030. The average Bonchev–Trinajstić information content (AvgIpc) is 3.41. The molecule has 0 unspecified atom stereocenters. The van der Waals surface area contributed by atoms with Crippen molar-refractivity contribution in [1.29, 1.82) is 0 Å². The third kappa shape index (κ3) is 4.88. The minimum Gasteiger partial charge on any atom is -0.482 e. The highest BCUT2D eigenvalue weighted by Crippen LogP contribution is 2.40. The average molecular weight is 632 g/mol. The van der Waals surface area contributed by atoms with Crippen LogP contribution in [0.4, 0.5) is 0 Å². The van der Waals surface area contributed by atoms with E-state index in [2.05, 4.69) is 16.7 Å². The lowest BCUT2D eigenvalue weighted by atomic mass is 9.97. The molecule has 47 heavy (non-hydrogen) atoms. The number of hydrogen-bond donors (Lipinski definition) is 1. The van der Waals surface area contributed by atoms with E-state index in [0.29, 0.717) is 28.6 Å². The second-order valence-electron chi connectivity index (χ2n) is 13.6. The van der Waals surface area contributed by atoms with E-state index in [0.717, 1.165) is 59.6 Å². The molecule has 2 N–H and O–H groups in total. The van der Waals surface area contributed by atoms with Crippen LogP contribution in [0.2, 0.25) is 0 Å². The van der Waals surface area contributed by atoms with E-state index in [4.69, 9.17) is 20.4 Å². The Balaban J connectivity index is 1.19. The number of methoxy groups -OCH3 is 1. The SMILES string of the molecule is COc1cc(C(=O)N2[C@H]3CC[C@@H]2[C@H](N)C3)cc2nc(-c3cc4ccc([C@@H](C)N(C)C(=O)c5ccccc5)nc4n3CC3CC3)c(C)n12. The molecule has 5 aromatic rings. The number of nitrogens with zero attached hydrogens (tertiary/aromatic N) is 6. The van der Waals surface area contributed by atoms with Gasteiger partial charge in [0.25, 0.3) is 11.8 Å². The zero-order chi connectivity index (χ0) is 32.6. The second-order valence-corrected chi connectivity index (χ2v) is 13.6. The zero-order valence-electron chi connectivity index (χ0n) is 27.4. The van der Waals surface area contributed by atoms with Crippen molar-refractivity contribution in [3.63, 3.8) is 0 Å². The molecule has 0 spiro atoms. The Labute approximate surface area is 274 Å². The van der Waals surface area contributed by atoms with Gasteiger partial charge in [0.15, 0.2) is 5.88 Å². The highest BCUT2D eigenvalue weighted by molar-refractivity contribution is 5.97. The molecule has 3 aliphatic rings. The van der Waals surface area contributed by atoms with Gasteiger partial charge in [0, 0.05) is 54.3 Å². The van der Waals surface area contributed by atoms with Gasteiger partial charge in [-0.25, -0.2) is 9.97 Å². The van der Waals surface area contributed by atoms with Gasteiger partial charge in [-0.3, -0.25) is 14.0 Å². The Morgan fingerprint density at radius 3 is 2.49 bits per heavy atom. The number of nitrogens with two attached hydrogens (primary N) is 1. The second kappa shape index (κ2) is 11.2. The topological polar surface area (TPSA) is 111 Å². The number of carbonyl (C=O) groups is 2. The number of ether oxygens (including phenoxy) is 1. The van der Waals surface area contributed by atoms with E-state index in [-0.39, 0.29) is 36.0 Å². The Kier molecular flexibility index (Phi) is 7.09. The minimum atomic E-state index is -0.225. The maximum Gasteiger partial charge on any atom is 0.254 e. The van der Waals surface area contributed by atoms with Crippen LogP contribution in [-0.4, -0.2) is 72.8 Å². The molecule has 4 aromatic heterocycles. The summed E-state index contributed by atoms with van der Waals surface area (Å²) in [6, 6.07) is 19.5. The number of carbonyl (C=O) groups excluding carboxylic acids is 2. The summed E-state index contributed by atoms with van der Waals surface area (Å²) in [5, 5.41) is 1.02. The van der Waals surface area contributed by atoms with Crippen molar-refractivity contribution in [3.8, 4) is 17.3 Å². The lowest BCUT2D eigenvalue weighted by molar-refractivity contribution is 0.0722. The smallest absolute Gasteiger partial charge is 0.254 e. The number of imidazole rings is 1. The molecule has 4 atom stereocenters. The van der Waals surface area contributed by atoms with E-state index in [1.807, 2.05) is 78.7 Å². The predicted molar refractivity (Wildman–Crippen MR) is 180 cm³/mol. The first-order valence-corrected chi connectivity index (χ1v) is 16.7. The lowest BCUT2D eigenvalue weighted by Crippen LogP contribution is -2.40. The van der Waals surface area contributed by atoms with Gasteiger partial charge in [-0.1, -0.05) is 18.2 Å². The number of aryl methyl sites for hydroxylation is 1. The number of amides is 2. The number of benzene rings is 1. The summed E-state index contributed by atoms with van der Waals surface area (Å²) >= 11 is 0. The first-order valence-electron chi connectivity index (χ1n) is 16.7. The van der Waals surface area contributed by atoms with Crippen molar-refractivity contribution in [1.82, 2.24) is 28.7 Å². The largest absolute Gasteiger partial charge is 0.482 e. The van der Waals surface area contributed by atoms with Crippen LogP contribution in [0.3, 0.4) is 0 Å². The van der Waals surface area contributed by atoms with Crippen LogP contribution in [0.15, 0.2) is 60.7 Å². The fraction of sp³-hybridized carbons (Fsp3) is 0.405. The van der Waals surface area contributed by atoms with Gasteiger partial charge in [0.05, 0.1) is 30.2 Å². The minimum absolute atomic E-state index is 0.00198. The number of fused-ring (bicyclic) bond motifs is 4. The van der Waals surface area contributed by atoms with Gasteiger partial charge in [0.2, 0.25) is 0 Å². The highest BCUT2D eigenvalue weighted by atomic mass is 16.5. The molecule has 1 saturated carbocycles. The standard InChI is InChI=1S/C37H41N7O3/c1-21(41(3)36(45)24-8-6-5-7-9-24)29-14-12-25-16-31(42(35(25)39-29)20-23-10-11-23)34-22(2)43-32(40-34)17-26(18-33(43)47-4)37(46)44-27-13-15-30(44)28(38)19-27/h5-9,12,14,16-18,21,23,27-28,30H,10-11,13,15,19-20,38H2,1-4H3/t21-,27+,28-,30-/m1/s1. The molecule has 1 aromatic carbocycles. The van der Waals surface area contributed by atoms with Crippen molar-refractivity contribution >= 4 is 28.5 Å². The van der Waals surface area contributed by atoms with Crippen molar-refractivity contribution in [3.05, 3.63) is 83.2 Å². The molecule has 6 heterocycles. The number of rotatable bonds is 8. The molecule has 8 rings (SSSR count). The summed E-state index contributed by atoms with van der Waals surface area (Å²) in [4.78, 5) is 41.1. The summed E-state index contributed by atoms with van der Waals surface area (Å²) in [6.07, 6.45) is 5.21. The van der Waals surface area contributed by atoms with E-state index in [1.54, 1.807) is 12.0 Å². The molecule has 1 aliphatic carbocycles. The molecule has 0 radical (unpaired) electrons. The lowest BCUT2D eigenvalue weighted by Gasteiger charge is -2.25. The predicted octanol–water partition coefficient (Wildman–Crippen LogP) is 5.62. The third-order valence-corrected chi connectivity index (χ3v) is 10.7. The van der Waals surface area contributed by atoms with Crippen LogP contribution in [0.25, 0.3) is 28.1 Å². The van der Waals surface area contributed by atoms with Crippen LogP contribution in [0.5, 0.6) is 5.88 Å². The summed E-state index contributed by atoms with van der Waals surface area (Å²) in [5.74, 6) is 1.12. The number of hydrogen-bond acceptors (Lipinski definition) is 6. The molecule has 242 valence electrons. The quantitative estimate of drug-likeness (QED) is 0.238. The molecule has 2 aliphatic heterocycles. The van der Waals surface area contributed by atoms with E-state index in [9.17, 15) is 9.59 Å². The van der Waals surface area contributed by atoms with Crippen molar-refractivity contribution < 1.29 is 14.3 Å². The molecule has 2 bridgehead atoms. The van der Waals surface area contributed by atoms with Gasteiger partial charge >= 0.3 is 0 Å². The summed E-state index contributed by atoms with van der Waals surface area (Å²) in [7, 11) is 3.46. The van der Waals surface area contributed by atoms with Crippen LogP contribution >= 0.6 is 0 Å². The Morgan fingerprint density at radius 2 is 1.81 bits per heavy atom. The molecule has 10 nitrogen and oxygen atoms in total. The van der Waals surface area contributed by atoms with E-state index < -0.39 is 0 Å². The Hall–Kier alpha value is -4.70. The molecular formula is C37H41N7O3. The van der Waals surface area contributed by atoms with Gasteiger partial charge < -0.3 is 24.8 Å². The fourth-order valence-corrected chi connectivity index (χ4v) is 7.77. The van der Waals surface area contributed by atoms with Crippen LogP contribution in [-0.2, 0) is 6.54 Å². The monoisotopic (exact) mass is 631 g/mol. The van der Waals surface area contributed by atoms with Crippen LogP contribution in [0.1, 0.15) is 77.2 Å². The first kappa shape index (κ1) is 29.7. The van der Waals surface area contributed by atoms with Gasteiger partial charge in [-0.15, -0.1) is 0 Å². The van der Waals surface area contributed by atoms with Gasteiger partial charge in [-0.05, 0) is 88.3 Å². The first-order chi connectivity index (χ1) is 22.7. The van der Waals surface area contributed by atoms with Gasteiger partial charge in [0.1, 0.15) is 17.0 Å². The maximum atomic E-state index is 13.8. The summed E-state index contributed by atoms with van der Waals surface area (Å²) in [6.45, 7) is 4.90. The highest BCUT2D eigenvalue weighted by Gasteiger charge is 2.47. The fourth-order valence-electron chi connectivity index (χ4n) is 7.77. The molecular weight excluding hydrogens is 590 g/mol. The van der Waals surface area contributed by atoms with Crippen LogP contribution < -0.4 is 10.5 Å². The van der Waals surface area contributed by atoms with E-state index in [1.165, 1.54) is 12.8 Å². The Morgan fingerprint density at radius 1 is 1.02 bits per heavy atom. The van der Waals surface area contributed by atoms with Crippen LogP contribution in [0, 0.1) is 12.8 Å². The summed E-state index contributed by atoms with van der Waals surface area (Å²) < 4.78 is 10.1. The number of pyridine rings is 2. The van der Waals surface area contributed by atoms with E-state index >= 15 is 0 Å². The van der Waals surface area contributed by atoms with Crippen molar-refractivity contribution in [2.24, 2.45) is 11.7 Å². The number of aromatic nitrogens is 4. The third-order valence-electron chi connectivity index (χ3n) is 10.7. The molecule has 2 amide bonds. The van der Waals surface area contributed by atoms with Crippen molar-refractivity contribution in [2.75, 3.05) is 14.2 Å². The van der Waals surface area contributed by atoms with Crippen molar-refractivity contribution in [2.45, 2.75) is 76.7 Å². The summed E-state index contributed by atoms with van der Waals surface area (Å²) in [5.41, 5.74) is 12.7. The molecule has 10 heteroatoms. The molecule has 3 fully saturated rings. The maximum absolute atomic E-state index is 13.8. The molecule has 2 saturated heterocycles. The van der Waals surface area contributed by atoms with Gasteiger partial charge in [-0.2, -0.15) is 0 Å². The zero-order valence-corrected chi connectivity index (χ0v) is 27.4.